The van der Waals surface area contributed by atoms with E-state index < -0.39 is 0 Å². The Morgan fingerprint density at radius 1 is 0.811 bits per heavy atom. The first-order chi connectivity index (χ1) is 18.1. The summed E-state index contributed by atoms with van der Waals surface area (Å²) in [5.41, 5.74) is 15.5. The molecule has 37 heavy (non-hydrogen) atoms. The van der Waals surface area contributed by atoms with Crippen LogP contribution in [0, 0.1) is 6.92 Å². The normalized spacial score (nSPS) is 10.4. The van der Waals surface area contributed by atoms with Crippen molar-refractivity contribution in [3.05, 3.63) is 119 Å². The molecule has 5 rings (SSSR count). The Morgan fingerprint density at radius 2 is 1.59 bits per heavy atom. The van der Waals surface area contributed by atoms with Crippen molar-refractivity contribution >= 4 is 50.9 Å². The number of hydrogen-bond donors (Lipinski definition) is 3. The van der Waals surface area contributed by atoms with Crippen LogP contribution in [0.25, 0.3) is 21.3 Å². The van der Waals surface area contributed by atoms with Crippen LogP contribution in [0.2, 0.25) is 0 Å². The van der Waals surface area contributed by atoms with E-state index in [9.17, 15) is 4.79 Å². The number of carbonyl (C=O) groups excluding carboxylic acids is 1. The summed E-state index contributed by atoms with van der Waals surface area (Å²) in [5.74, 6) is -0.211. The highest BCUT2D eigenvalue weighted by molar-refractivity contribution is 6.04. The lowest BCUT2D eigenvalue weighted by Crippen LogP contribution is -2.11. The molecule has 1 amide bonds. The number of nitrogens with one attached hydrogen (secondary N) is 3. The largest absolute Gasteiger partial charge is 0.355 e. The molecule has 0 saturated carbocycles. The van der Waals surface area contributed by atoms with Crippen LogP contribution in [0.3, 0.4) is 0 Å². The molecule has 2 heterocycles. The fraction of sp³-hybridized carbons (Fsp3) is 0.0357. The van der Waals surface area contributed by atoms with Gasteiger partial charge in [-0.1, -0.05) is 17.2 Å². The van der Waals surface area contributed by atoms with Crippen molar-refractivity contribution in [2.75, 3.05) is 16.0 Å². The minimum absolute atomic E-state index is 0.211. The minimum Gasteiger partial charge on any atom is -0.355 e. The van der Waals surface area contributed by atoms with Gasteiger partial charge in [-0.3, -0.25) is 14.8 Å². The highest BCUT2D eigenvalue weighted by atomic mass is 16.1. The molecule has 5 aromatic rings. The van der Waals surface area contributed by atoms with Crippen LogP contribution in [0.15, 0.2) is 102 Å². The van der Waals surface area contributed by atoms with Crippen LogP contribution >= 0.6 is 0 Å². The molecule has 0 aliphatic heterocycles. The molecule has 3 N–H and O–H groups in total. The molecule has 0 saturated heterocycles. The molecule has 9 nitrogen and oxygen atoms in total. The molecule has 3 aromatic carbocycles. The van der Waals surface area contributed by atoms with Crippen molar-refractivity contribution in [1.29, 1.82) is 0 Å². The van der Waals surface area contributed by atoms with Crippen molar-refractivity contribution in [3.8, 4) is 0 Å². The van der Waals surface area contributed by atoms with E-state index >= 15 is 0 Å². The smallest absolute Gasteiger partial charge is 0.255 e. The number of carbonyl (C=O) groups is 1. The van der Waals surface area contributed by atoms with Gasteiger partial charge in [-0.2, -0.15) is 0 Å². The standard InChI is InChI=1S/C28H22N8O/c1-18-15-23(11-13-30-18)32-21-3-2-4-22(16-21)34-28(37)19-5-7-20(8-6-19)33-27-12-14-31-26-10-9-24(35-36-29)17-25(26)27/h2-17H,1H3,(H,30,32)(H,31,33)(H,34,37). The number of amides is 1. The van der Waals surface area contributed by atoms with Crippen LogP contribution in [0.5, 0.6) is 0 Å². The summed E-state index contributed by atoms with van der Waals surface area (Å²) >= 11 is 0. The Morgan fingerprint density at radius 3 is 2.41 bits per heavy atom. The van der Waals surface area contributed by atoms with Crippen molar-refractivity contribution in [1.82, 2.24) is 9.97 Å². The van der Waals surface area contributed by atoms with E-state index in [2.05, 4.69) is 35.9 Å². The van der Waals surface area contributed by atoms with E-state index in [4.69, 9.17) is 5.53 Å². The van der Waals surface area contributed by atoms with Gasteiger partial charge in [0.1, 0.15) is 0 Å². The second-order valence-corrected chi connectivity index (χ2v) is 8.30. The van der Waals surface area contributed by atoms with Crippen molar-refractivity contribution in [2.24, 2.45) is 5.11 Å². The monoisotopic (exact) mass is 486 g/mol. The summed E-state index contributed by atoms with van der Waals surface area (Å²) in [7, 11) is 0. The zero-order chi connectivity index (χ0) is 25.6. The van der Waals surface area contributed by atoms with E-state index in [0.717, 1.165) is 39.3 Å². The molecule has 0 spiro atoms. The maximum absolute atomic E-state index is 12.9. The molecule has 0 aliphatic carbocycles. The fourth-order valence-corrected chi connectivity index (χ4v) is 3.89. The minimum atomic E-state index is -0.211. The van der Waals surface area contributed by atoms with Gasteiger partial charge in [-0.15, -0.1) is 0 Å². The molecule has 2 aromatic heterocycles. The SMILES string of the molecule is Cc1cc(Nc2cccc(NC(=O)c3ccc(Nc4ccnc5ccc(N=[N+]=[N-])cc45)cc3)c2)ccn1. The van der Waals surface area contributed by atoms with Gasteiger partial charge in [0.15, 0.2) is 0 Å². The average Bonchev–Trinajstić information content (AvgIpc) is 2.90. The van der Waals surface area contributed by atoms with Gasteiger partial charge < -0.3 is 16.0 Å². The van der Waals surface area contributed by atoms with Crippen LogP contribution in [0.4, 0.5) is 34.1 Å². The molecular formula is C28H22N8O. The number of benzene rings is 3. The molecule has 0 atom stereocenters. The van der Waals surface area contributed by atoms with E-state index in [-0.39, 0.29) is 5.91 Å². The molecule has 0 radical (unpaired) electrons. The number of aryl methyl sites for hydroxylation is 1. The van der Waals surface area contributed by atoms with Gasteiger partial charge in [-0.25, -0.2) is 0 Å². The van der Waals surface area contributed by atoms with Gasteiger partial charge in [0.05, 0.1) is 5.52 Å². The summed E-state index contributed by atoms with van der Waals surface area (Å²) in [6.45, 7) is 1.93. The number of azide groups is 1. The first-order valence-corrected chi connectivity index (χ1v) is 11.5. The second-order valence-electron chi connectivity index (χ2n) is 8.30. The number of fused-ring (bicyclic) bond motifs is 1. The Bertz CT molecular complexity index is 1640. The Kier molecular flexibility index (Phi) is 6.61. The highest BCUT2D eigenvalue weighted by Gasteiger charge is 2.08. The van der Waals surface area contributed by atoms with Crippen LogP contribution in [-0.2, 0) is 0 Å². The van der Waals surface area contributed by atoms with Crippen molar-refractivity contribution < 1.29 is 4.79 Å². The first kappa shape index (κ1) is 23.3. The topological polar surface area (TPSA) is 128 Å². The van der Waals surface area contributed by atoms with Gasteiger partial charge in [-0.05, 0) is 85.3 Å². The van der Waals surface area contributed by atoms with Gasteiger partial charge >= 0.3 is 0 Å². The van der Waals surface area contributed by atoms with Crippen LogP contribution in [0.1, 0.15) is 16.1 Å². The maximum atomic E-state index is 12.9. The lowest BCUT2D eigenvalue weighted by atomic mass is 10.1. The predicted molar refractivity (Wildman–Crippen MR) is 147 cm³/mol. The van der Waals surface area contributed by atoms with E-state index in [0.29, 0.717) is 16.9 Å². The Hall–Kier alpha value is -5.40. The number of rotatable bonds is 7. The molecule has 0 fully saturated rings. The van der Waals surface area contributed by atoms with E-state index in [1.807, 2.05) is 61.5 Å². The third kappa shape index (κ3) is 5.64. The lowest BCUT2D eigenvalue weighted by molar-refractivity contribution is 0.102. The number of aromatic nitrogens is 2. The summed E-state index contributed by atoms with van der Waals surface area (Å²) in [4.78, 5) is 24.3. The highest BCUT2D eigenvalue weighted by Crippen LogP contribution is 2.29. The summed E-state index contributed by atoms with van der Waals surface area (Å²) < 4.78 is 0. The van der Waals surface area contributed by atoms with Crippen LogP contribution < -0.4 is 16.0 Å². The van der Waals surface area contributed by atoms with Crippen molar-refractivity contribution in [3.63, 3.8) is 0 Å². The number of pyridine rings is 2. The Labute approximate surface area is 212 Å². The van der Waals surface area contributed by atoms with Gasteiger partial charge in [0, 0.05) is 68.1 Å². The lowest BCUT2D eigenvalue weighted by Gasteiger charge is -2.12. The molecule has 9 heteroatoms. The molecule has 180 valence electrons. The third-order valence-electron chi connectivity index (χ3n) is 5.62. The summed E-state index contributed by atoms with van der Waals surface area (Å²) in [6.07, 6.45) is 3.46. The average molecular weight is 487 g/mol. The fourth-order valence-electron chi connectivity index (χ4n) is 3.89. The van der Waals surface area contributed by atoms with Gasteiger partial charge in [0.2, 0.25) is 0 Å². The Balaban J connectivity index is 1.28. The van der Waals surface area contributed by atoms with E-state index in [1.165, 1.54) is 0 Å². The number of hydrogen-bond acceptors (Lipinski definition) is 6. The summed E-state index contributed by atoms with van der Waals surface area (Å²) in [6, 6.07) is 25.7. The molecule has 0 bridgehead atoms. The number of anilines is 5. The van der Waals surface area contributed by atoms with Crippen LogP contribution in [-0.4, -0.2) is 15.9 Å². The third-order valence-corrected chi connectivity index (χ3v) is 5.62. The molecule has 0 aliphatic rings. The first-order valence-electron chi connectivity index (χ1n) is 11.5. The maximum Gasteiger partial charge on any atom is 0.255 e. The number of nitrogens with zero attached hydrogens (tertiary/aromatic N) is 5. The second kappa shape index (κ2) is 10.5. The van der Waals surface area contributed by atoms with Gasteiger partial charge in [0.25, 0.3) is 5.91 Å². The predicted octanol–water partition coefficient (Wildman–Crippen LogP) is 7.62. The molecular weight excluding hydrogens is 464 g/mol. The van der Waals surface area contributed by atoms with Crippen molar-refractivity contribution in [2.45, 2.75) is 6.92 Å². The zero-order valence-corrected chi connectivity index (χ0v) is 19.9. The zero-order valence-electron chi connectivity index (χ0n) is 19.9. The molecule has 0 unspecified atom stereocenters. The summed E-state index contributed by atoms with van der Waals surface area (Å²) in [5, 5.41) is 14.1. The quantitative estimate of drug-likeness (QED) is 0.124. The van der Waals surface area contributed by atoms with E-state index in [1.54, 1.807) is 42.7 Å².